The molecule has 0 radical (unpaired) electrons. The van der Waals surface area contributed by atoms with Gasteiger partial charge in [-0.3, -0.25) is 0 Å². The maximum absolute atomic E-state index is 13.0. The zero-order chi connectivity index (χ0) is 9.30. The van der Waals surface area contributed by atoms with Crippen molar-refractivity contribution < 1.29 is 8.78 Å². The first-order chi connectivity index (χ1) is 5.54. The molecule has 1 nitrogen and oxygen atoms in total. The first-order valence-corrected chi connectivity index (χ1v) is 3.80. The quantitative estimate of drug-likeness (QED) is 0.679. The number of halogens is 3. The Morgan fingerprint density at radius 3 is 2.25 bits per heavy atom. The molecule has 0 aliphatic carbocycles. The van der Waals surface area contributed by atoms with E-state index in [2.05, 4.69) is 0 Å². The summed E-state index contributed by atoms with van der Waals surface area (Å²) in [6, 6.07) is 1.39. The van der Waals surface area contributed by atoms with Crippen LogP contribution >= 0.6 is 11.6 Å². The third-order valence-electron chi connectivity index (χ3n) is 1.53. The molecule has 12 heavy (non-hydrogen) atoms. The molecule has 0 spiro atoms. The lowest BCUT2D eigenvalue weighted by atomic mass is 10.1. The van der Waals surface area contributed by atoms with Crippen molar-refractivity contribution in [1.29, 1.82) is 0 Å². The van der Waals surface area contributed by atoms with Gasteiger partial charge in [0.2, 0.25) is 0 Å². The zero-order valence-electron chi connectivity index (χ0n) is 6.44. The predicted molar refractivity (Wildman–Crippen MR) is 44.0 cm³/mol. The number of hydrogen-bond donors (Lipinski definition) is 1. The molecule has 1 aromatic carbocycles. The molecule has 4 heteroatoms. The molecule has 0 saturated heterocycles. The number of rotatable bonds is 1. The molecule has 0 aliphatic rings. The van der Waals surface area contributed by atoms with Crippen LogP contribution in [0.25, 0.3) is 0 Å². The molecule has 0 heterocycles. The summed E-state index contributed by atoms with van der Waals surface area (Å²) < 4.78 is 25.7. The first-order valence-electron chi connectivity index (χ1n) is 3.43. The molecule has 1 atom stereocenters. The summed E-state index contributed by atoms with van der Waals surface area (Å²) in [6.45, 7) is 1.55. The van der Waals surface area contributed by atoms with Crippen molar-refractivity contribution in [3.8, 4) is 0 Å². The monoisotopic (exact) mass is 191 g/mol. The second-order valence-electron chi connectivity index (χ2n) is 2.55. The highest BCUT2D eigenvalue weighted by Crippen LogP contribution is 2.26. The highest BCUT2D eigenvalue weighted by atomic mass is 35.5. The summed E-state index contributed by atoms with van der Waals surface area (Å²) in [5, 5.41) is -0.231. The maximum Gasteiger partial charge on any atom is 0.142 e. The van der Waals surface area contributed by atoms with E-state index in [0.717, 1.165) is 12.1 Å². The Morgan fingerprint density at radius 2 is 1.83 bits per heavy atom. The van der Waals surface area contributed by atoms with Gasteiger partial charge in [0.1, 0.15) is 11.6 Å². The lowest BCUT2D eigenvalue weighted by molar-refractivity contribution is 0.572. The van der Waals surface area contributed by atoms with E-state index in [-0.39, 0.29) is 10.6 Å². The fourth-order valence-electron chi connectivity index (χ4n) is 0.960. The van der Waals surface area contributed by atoms with Gasteiger partial charge in [-0.25, -0.2) is 8.78 Å². The van der Waals surface area contributed by atoms with Gasteiger partial charge >= 0.3 is 0 Å². The normalized spacial score (nSPS) is 13.1. The Kier molecular flexibility index (Phi) is 2.65. The summed E-state index contributed by atoms with van der Waals surface area (Å²) in [4.78, 5) is 0. The Balaban J connectivity index is 3.33. The Morgan fingerprint density at radius 1 is 1.33 bits per heavy atom. The van der Waals surface area contributed by atoms with Crippen LogP contribution < -0.4 is 5.73 Å². The molecule has 1 aromatic rings. The van der Waals surface area contributed by atoms with E-state index < -0.39 is 17.7 Å². The third kappa shape index (κ3) is 1.57. The lowest BCUT2D eigenvalue weighted by Crippen LogP contribution is -2.09. The fourth-order valence-corrected chi connectivity index (χ4v) is 1.29. The minimum atomic E-state index is -0.648. The van der Waals surface area contributed by atoms with Crippen LogP contribution in [0, 0.1) is 11.6 Å². The van der Waals surface area contributed by atoms with Crippen molar-refractivity contribution in [3.63, 3.8) is 0 Å². The number of nitrogens with two attached hydrogens (primary N) is 1. The van der Waals surface area contributed by atoms with Crippen molar-refractivity contribution in [3.05, 3.63) is 34.4 Å². The van der Waals surface area contributed by atoms with Gasteiger partial charge in [-0.1, -0.05) is 11.6 Å². The SMILES string of the molecule is CC(N)c1c(F)ccc(F)c1Cl. The second-order valence-corrected chi connectivity index (χ2v) is 2.92. The summed E-state index contributed by atoms with van der Waals surface area (Å²) in [6.07, 6.45) is 0. The highest BCUT2D eigenvalue weighted by Gasteiger charge is 2.14. The summed E-state index contributed by atoms with van der Waals surface area (Å²) in [7, 11) is 0. The average molecular weight is 192 g/mol. The topological polar surface area (TPSA) is 26.0 Å². The molecule has 66 valence electrons. The summed E-state index contributed by atoms with van der Waals surface area (Å²) in [5.41, 5.74) is 5.42. The highest BCUT2D eigenvalue weighted by molar-refractivity contribution is 6.31. The van der Waals surface area contributed by atoms with E-state index >= 15 is 0 Å². The van der Waals surface area contributed by atoms with Crippen molar-refractivity contribution in [2.45, 2.75) is 13.0 Å². The van der Waals surface area contributed by atoms with E-state index in [1.165, 1.54) is 0 Å². The molecular weight excluding hydrogens is 184 g/mol. The molecule has 0 aromatic heterocycles. The second kappa shape index (κ2) is 3.37. The summed E-state index contributed by atoms with van der Waals surface area (Å²) in [5.74, 6) is -1.22. The zero-order valence-corrected chi connectivity index (χ0v) is 7.20. The third-order valence-corrected chi connectivity index (χ3v) is 1.92. The molecule has 0 saturated carbocycles. The van der Waals surface area contributed by atoms with E-state index in [4.69, 9.17) is 17.3 Å². The van der Waals surface area contributed by atoms with Crippen LogP contribution in [0.4, 0.5) is 8.78 Å². The van der Waals surface area contributed by atoms with Gasteiger partial charge in [0.15, 0.2) is 0 Å². The van der Waals surface area contributed by atoms with Crippen LogP contribution in [0.15, 0.2) is 12.1 Å². The van der Waals surface area contributed by atoms with Crippen molar-refractivity contribution in [1.82, 2.24) is 0 Å². The molecular formula is C8H8ClF2N. The number of benzene rings is 1. The smallest absolute Gasteiger partial charge is 0.142 e. The van der Waals surface area contributed by atoms with Crippen molar-refractivity contribution in [2.75, 3.05) is 0 Å². The van der Waals surface area contributed by atoms with Crippen molar-refractivity contribution in [2.24, 2.45) is 5.73 Å². The molecule has 2 N–H and O–H groups in total. The van der Waals surface area contributed by atoms with E-state index in [0.29, 0.717) is 0 Å². The van der Waals surface area contributed by atoms with Gasteiger partial charge < -0.3 is 5.73 Å². The van der Waals surface area contributed by atoms with E-state index in [9.17, 15) is 8.78 Å². The van der Waals surface area contributed by atoms with Crippen LogP contribution in [-0.4, -0.2) is 0 Å². The molecule has 0 amide bonds. The number of hydrogen-bond acceptors (Lipinski definition) is 1. The van der Waals surface area contributed by atoms with Gasteiger partial charge in [-0.2, -0.15) is 0 Å². The molecule has 0 aliphatic heterocycles. The van der Waals surface area contributed by atoms with Crippen LogP contribution in [0.3, 0.4) is 0 Å². The Bertz CT molecular complexity index is 299. The summed E-state index contributed by atoms with van der Waals surface area (Å²) >= 11 is 5.50. The van der Waals surface area contributed by atoms with Crippen LogP contribution in [0.5, 0.6) is 0 Å². The lowest BCUT2D eigenvalue weighted by Gasteiger charge is -2.09. The molecule has 0 fully saturated rings. The van der Waals surface area contributed by atoms with Crippen LogP contribution in [-0.2, 0) is 0 Å². The minimum absolute atomic E-state index is 0.0247. The standard InChI is InChI=1S/C8H8ClF2N/c1-4(12)7-5(10)2-3-6(11)8(7)9/h2-4H,12H2,1H3. The Hall–Kier alpha value is -0.670. The average Bonchev–Trinajstić information content (AvgIpc) is 1.97. The van der Waals surface area contributed by atoms with E-state index in [1.54, 1.807) is 6.92 Å². The van der Waals surface area contributed by atoms with Gasteiger partial charge in [-0.15, -0.1) is 0 Å². The van der Waals surface area contributed by atoms with Gasteiger partial charge in [0, 0.05) is 11.6 Å². The largest absolute Gasteiger partial charge is 0.324 e. The van der Waals surface area contributed by atoms with Crippen molar-refractivity contribution >= 4 is 11.6 Å². The molecule has 1 rings (SSSR count). The molecule has 1 unspecified atom stereocenters. The first kappa shape index (κ1) is 9.42. The van der Waals surface area contributed by atoms with Gasteiger partial charge in [0.05, 0.1) is 5.02 Å². The van der Waals surface area contributed by atoms with Gasteiger partial charge in [-0.05, 0) is 19.1 Å². The fraction of sp³-hybridized carbons (Fsp3) is 0.250. The van der Waals surface area contributed by atoms with Crippen LogP contribution in [0.1, 0.15) is 18.5 Å². The Labute approximate surface area is 74.1 Å². The minimum Gasteiger partial charge on any atom is -0.324 e. The maximum atomic E-state index is 13.0. The van der Waals surface area contributed by atoms with Crippen LogP contribution in [0.2, 0.25) is 5.02 Å². The van der Waals surface area contributed by atoms with E-state index in [1.807, 2.05) is 0 Å². The van der Waals surface area contributed by atoms with Gasteiger partial charge in [0.25, 0.3) is 0 Å². The molecule has 0 bridgehead atoms. The predicted octanol–water partition coefficient (Wildman–Crippen LogP) is 2.64.